The van der Waals surface area contributed by atoms with Gasteiger partial charge >= 0.3 is 0 Å². The Balaban J connectivity index is 2.78. The van der Waals surface area contributed by atoms with Crippen LogP contribution in [-0.2, 0) is 0 Å². The summed E-state index contributed by atoms with van der Waals surface area (Å²) in [5.41, 5.74) is 4.08. The maximum absolute atomic E-state index is 3.84. The molecule has 0 aromatic rings. The number of hydrogen-bond donors (Lipinski definition) is 1. The fourth-order valence-corrected chi connectivity index (χ4v) is 1.72. The molecule has 0 radical (unpaired) electrons. The lowest BCUT2D eigenvalue weighted by atomic mass is 9.90. The molecule has 0 saturated heterocycles. The van der Waals surface area contributed by atoms with Crippen LogP contribution in [0.2, 0.25) is 0 Å². The van der Waals surface area contributed by atoms with Crippen molar-refractivity contribution in [2.24, 2.45) is 0 Å². The SMILES string of the molecule is C=CC1=C(C)C=C(C)C(N/C=C\C)C1. The summed E-state index contributed by atoms with van der Waals surface area (Å²) < 4.78 is 0. The molecule has 1 atom stereocenters. The van der Waals surface area contributed by atoms with Crippen molar-refractivity contribution < 1.29 is 0 Å². The molecule has 0 aromatic carbocycles. The summed E-state index contributed by atoms with van der Waals surface area (Å²) in [4.78, 5) is 0. The summed E-state index contributed by atoms with van der Waals surface area (Å²) in [5.74, 6) is 0. The molecule has 0 fully saturated rings. The van der Waals surface area contributed by atoms with Gasteiger partial charge in [0.25, 0.3) is 0 Å². The monoisotopic (exact) mass is 189 g/mol. The van der Waals surface area contributed by atoms with Crippen molar-refractivity contribution in [1.29, 1.82) is 0 Å². The number of allylic oxidation sites excluding steroid dienone is 4. The maximum Gasteiger partial charge on any atom is 0.0509 e. The Morgan fingerprint density at radius 1 is 1.50 bits per heavy atom. The van der Waals surface area contributed by atoms with Crippen molar-refractivity contribution in [1.82, 2.24) is 5.32 Å². The van der Waals surface area contributed by atoms with Crippen molar-refractivity contribution in [3.8, 4) is 0 Å². The van der Waals surface area contributed by atoms with Crippen LogP contribution in [0.1, 0.15) is 27.2 Å². The van der Waals surface area contributed by atoms with Crippen molar-refractivity contribution >= 4 is 0 Å². The zero-order chi connectivity index (χ0) is 10.6. The normalized spacial score (nSPS) is 22.5. The van der Waals surface area contributed by atoms with E-state index in [4.69, 9.17) is 0 Å². The second kappa shape index (κ2) is 4.85. The molecular formula is C13H19N. The lowest BCUT2D eigenvalue weighted by Gasteiger charge is -2.24. The van der Waals surface area contributed by atoms with E-state index in [9.17, 15) is 0 Å². The average molecular weight is 189 g/mol. The first-order valence-electron chi connectivity index (χ1n) is 5.06. The first-order chi connectivity index (χ1) is 6.69. The first-order valence-corrected chi connectivity index (χ1v) is 5.06. The minimum absolute atomic E-state index is 0.433. The first kappa shape index (κ1) is 10.8. The Morgan fingerprint density at radius 2 is 2.21 bits per heavy atom. The minimum atomic E-state index is 0.433. The lowest BCUT2D eigenvalue weighted by Crippen LogP contribution is -2.28. The van der Waals surface area contributed by atoms with Crippen molar-refractivity contribution in [2.45, 2.75) is 33.2 Å². The van der Waals surface area contributed by atoms with Gasteiger partial charge in [-0.05, 0) is 44.5 Å². The molecule has 0 aromatic heterocycles. The van der Waals surface area contributed by atoms with Crippen LogP contribution in [0.25, 0.3) is 0 Å². The topological polar surface area (TPSA) is 12.0 Å². The van der Waals surface area contributed by atoms with Crippen molar-refractivity contribution in [3.05, 3.63) is 47.7 Å². The summed E-state index contributed by atoms with van der Waals surface area (Å²) in [6, 6.07) is 0.433. The minimum Gasteiger partial charge on any atom is -0.384 e. The van der Waals surface area contributed by atoms with Crippen LogP contribution in [0.4, 0.5) is 0 Å². The second-order valence-corrected chi connectivity index (χ2v) is 3.72. The van der Waals surface area contributed by atoms with Crippen LogP contribution in [0.15, 0.2) is 47.7 Å². The van der Waals surface area contributed by atoms with E-state index in [1.165, 1.54) is 16.7 Å². The van der Waals surface area contributed by atoms with Crippen molar-refractivity contribution in [3.63, 3.8) is 0 Å². The Kier molecular flexibility index (Phi) is 3.75. The number of rotatable bonds is 3. The summed E-state index contributed by atoms with van der Waals surface area (Å²) in [6.07, 6.45) is 9.27. The van der Waals surface area contributed by atoms with E-state index in [0.717, 1.165) is 6.42 Å². The molecule has 1 aliphatic carbocycles. The van der Waals surface area contributed by atoms with Gasteiger partial charge in [0.2, 0.25) is 0 Å². The van der Waals surface area contributed by atoms with Gasteiger partial charge in [-0.1, -0.05) is 30.4 Å². The van der Waals surface area contributed by atoms with E-state index in [1.807, 2.05) is 25.3 Å². The third-order valence-electron chi connectivity index (χ3n) is 2.63. The van der Waals surface area contributed by atoms with Crippen molar-refractivity contribution in [2.75, 3.05) is 0 Å². The van der Waals surface area contributed by atoms with Gasteiger partial charge in [0.15, 0.2) is 0 Å². The van der Waals surface area contributed by atoms with Crippen LogP contribution < -0.4 is 5.32 Å². The molecule has 14 heavy (non-hydrogen) atoms. The molecule has 1 rings (SSSR count). The van der Waals surface area contributed by atoms with Gasteiger partial charge in [0.1, 0.15) is 0 Å². The van der Waals surface area contributed by atoms with Gasteiger partial charge in [-0.15, -0.1) is 0 Å². The molecule has 0 bridgehead atoms. The highest BCUT2D eigenvalue weighted by Crippen LogP contribution is 2.24. The zero-order valence-electron chi connectivity index (χ0n) is 9.30. The van der Waals surface area contributed by atoms with Gasteiger partial charge in [0, 0.05) is 0 Å². The largest absolute Gasteiger partial charge is 0.384 e. The van der Waals surface area contributed by atoms with Gasteiger partial charge in [-0.25, -0.2) is 0 Å². The molecule has 1 N–H and O–H groups in total. The summed E-state index contributed by atoms with van der Waals surface area (Å²) in [6.45, 7) is 10.2. The molecule has 0 spiro atoms. The number of hydrogen-bond acceptors (Lipinski definition) is 1. The molecule has 1 unspecified atom stereocenters. The lowest BCUT2D eigenvalue weighted by molar-refractivity contribution is 0.650. The molecule has 1 aliphatic rings. The van der Waals surface area contributed by atoms with Gasteiger partial charge < -0.3 is 5.32 Å². The fraction of sp³-hybridized carbons (Fsp3) is 0.385. The fourth-order valence-electron chi connectivity index (χ4n) is 1.72. The summed E-state index contributed by atoms with van der Waals surface area (Å²) in [7, 11) is 0. The predicted octanol–water partition coefficient (Wildman–Crippen LogP) is 3.33. The van der Waals surface area contributed by atoms with Crippen LogP contribution in [0.5, 0.6) is 0 Å². The van der Waals surface area contributed by atoms with Crippen LogP contribution in [0.3, 0.4) is 0 Å². The van der Waals surface area contributed by atoms with Gasteiger partial charge in [-0.3, -0.25) is 0 Å². The van der Waals surface area contributed by atoms with E-state index in [1.54, 1.807) is 0 Å². The Morgan fingerprint density at radius 3 is 2.79 bits per heavy atom. The maximum atomic E-state index is 3.84. The highest BCUT2D eigenvalue weighted by Gasteiger charge is 2.15. The van der Waals surface area contributed by atoms with E-state index in [0.29, 0.717) is 6.04 Å². The number of nitrogens with one attached hydrogen (secondary N) is 1. The standard InChI is InChI=1S/C13H19N/c1-5-7-14-13-9-12(6-2)10(3)8-11(13)4/h5-8,13-14H,2,9H2,1,3-4H3/b7-5-. The van der Waals surface area contributed by atoms with E-state index in [2.05, 4.69) is 31.8 Å². The average Bonchev–Trinajstić information content (AvgIpc) is 2.17. The molecule has 0 saturated carbocycles. The smallest absolute Gasteiger partial charge is 0.0509 e. The third kappa shape index (κ3) is 2.38. The highest BCUT2D eigenvalue weighted by atomic mass is 14.9. The summed E-state index contributed by atoms with van der Waals surface area (Å²) >= 11 is 0. The molecule has 1 nitrogen and oxygen atoms in total. The molecule has 0 amide bonds. The van der Waals surface area contributed by atoms with Crippen LogP contribution >= 0.6 is 0 Å². The van der Waals surface area contributed by atoms with Crippen LogP contribution in [0, 0.1) is 0 Å². The quantitative estimate of drug-likeness (QED) is 0.718. The van der Waals surface area contributed by atoms with Crippen LogP contribution in [-0.4, -0.2) is 6.04 Å². The molecular weight excluding hydrogens is 170 g/mol. The molecule has 1 heteroatoms. The van der Waals surface area contributed by atoms with E-state index >= 15 is 0 Å². The Hall–Kier alpha value is -1.24. The second-order valence-electron chi connectivity index (χ2n) is 3.72. The van der Waals surface area contributed by atoms with Gasteiger partial charge in [0.05, 0.1) is 6.04 Å². The molecule has 0 heterocycles. The highest BCUT2D eigenvalue weighted by molar-refractivity contribution is 5.39. The zero-order valence-corrected chi connectivity index (χ0v) is 9.30. The summed E-state index contributed by atoms with van der Waals surface area (Å²) in [5, 5.41) is 3.38. The molecule has 76 valence electrons. The van der Waals surface area contributed by atoms with E-state index < -0.39 is 0 Å². The Labute approximate surface area is 86.9 Å². The Bertz CT molecular complexity index is 305. The third-order valence-corrected chi connectivity index (χ3v) is 2.63. The molecule has 0 aliphatic heterocycles. The predicted molar refractivity (Wildman–Crippen MR) is 63.0 cm³/mol. The van der Waals surface area contributed by atoms with E-state index in [-0.39, 0.29) is 0 Å². The van der Waals surface area contributed by atoms with Gasteiger partial charge in [-0.2, -0.15) is 0 Å².